The van der Waals surface area contributed by atoms with Crippen LogP contribution < -0.4 is 15.1 Å². The normalized spacial score (nSPS) is 17.9. The first-order valence-electron chi connectivity index (χ1n) is 20.7. The van der Waals surface area contributed by atoms with Gasteiger partial charge in [0, 0.05) is 88.7 Å². The number of hydrogen-bond acceptors (Lipinski definition) is 9. The summed E-state index contributed by atoms with van der Waals surface area (Å²) in [6.45, 7) is 17.1. The molecule has 3 aromatic heterocycles. The van der Waals surface area contributed by atoms with Crippen LogP contribution >= 0.6 is 0 Å². The first-order chi connectivity index (χ1) is 27.6. The number of amides is 1. The zero-order valence-electron chi connectivity index (χ0n) is 33.7. The summed E-state index contributed by atoms with van der Waals surface area (Å²) in [6, 6.07) is 15.1. The van der Waals surface area contributed by atoms with E-state index in [2.05, 4.69) is 69.7 Å². The van der Waals surface area contributed by atoms with Crippen molar-refractivity contribution in [3.63, 3.8) is 0 Å². The van der Waals surface area contributed by atoms with Gasteiger partial charge >= 0.3 is 0 Å². The lowest BCUT2D eigenvalue weighted by atomic mass is 9.98. The fourth-order valence-corrected chi connectivity index (χ4v) is 9.51. The minimum absolute atomic E-state index is 0.0741. The molecule has 0 atom stereocenters. The molecule has 4 aliphatic heterocycles. The number of imidazole rings is 1. The molecular formula is C43H54FN9O3Si. The van der Waals surface area contributed by atoms with E-state index < -0.39 is 13.9 Å². The van der Waals surface area contributed by atoms with Gasteiger partial charge in [-0.15, -0.1) is 0 Å². The molecule has 14 heteroatoms. The molecule has 300 valence electrons. The van der Waals surface area contributed by atoms with Gasteiger partial charge in [-0.3, -0.25) is 14.3 Å². The fraction of sp³-hybridized carbons (Fsp3) is 0.488. The second kappa shape index (κ2) is 15.6. The number of hydrogen-bond donors (Lipinski definition) is 1. The lowest BCUT2D eigenvalue weighted by molar-refractivity contribution is -0.0660. The van der Waals surface area contributed by atoms with Crippen LogP contribution in [0.15, 0.2) is 48.8 Å². The number of halogens is 1. The Hall–Kier alpha value is -4.63. The van der Waals surface area contributed by atoms with Crippen LogP contribution in [0.3, 0.4) is 0 Å². The summed E-state index contributed by atoms with van der Waals surface area (Å²) in [5.41, 5.74) is 8.27. The predicted octanol–water partition coefficient (Wildman–Crippen LogP) is 7.11. The van der Waals surface area contributed by atoms with Crippen molar-refractivity contribution in [2.24, 2.45) is 0 Å². The molecule has 0 spiro atoms. The number of benzene rings is 2. The van der Waals surface area contributed by atoms with E-state index in [1.54, 1.807) is 11.2 Å². The van der Waals surface area contributed by atoms with E-state index in [0.717, 1.165) is 100 Å². The van der Waals surface area contributed by atoms with Crippen molar-refractivity contribution < 1.29 is 18.7 Å². The number of rotatable bonds is 12. The summed E-state index contributed by atoms with van der Waals surface area (Å²) < 4.78 is 31.7. The van der Waals surface area contributed by atoms with Crippen LogP contribution in [-0.4, -0.2) is 102 Å². The largest absolute Gasteiger partial charge is 0.378 e. The molecule has 12 nitrogen and oxygen atoms in total. The number of carbonyl (C=O) groups excluding carboxylic acids is 1. The molecule has 0 unspecified atom stereocenters. The summed E-state index contributed by atoms with van der Waals surface area (Å²) >= 11 is 0. The van der Waals surface area contributed by atoms with Crippen LogP contribution in [0.2, 0.25) is 25.7 Å². The lowest BCUT2D eigenvalue weighted by Gasteiger charge is -2.43. The van der Waals surface area contributed by atoms with E-state index in [9.17, 15) is 4.79 Å². The minimum Gasteiger partial charge on any atom is -0.378 e. The first-order valence-corrected chi connectivity index (χ1v) is 24.4. The SMILES string of the molecule is CCc1c(-c2nc(Nc3ccc(N4CCN(C5COC5)CC4)cc3)c3ncn(COCC[Si](C)(C)C)c3n2)cc(F)cc1N1CCc2c(cc3n2CCCC3)C1=O. The van der Waals surface area contributed by atoms with Crippen molar-refractivity contribution in [1.29, 1.82) is 0 Å². The van der Waals surface area contributed by atoms with Gasteiger partial charge in [-0.25, -0.2) is 19.3 Å². The molecule has 5 aromatic rings. The highest BCUT2D eigenvalue weighted by atomic mass is 28.3. The molecule has 4 aliphatic rings. The summed E-state index contributed by atoms with van der Waals surface area (Å²) in [4.78, 5) is 35.8. The molecule has 0 bridgehead atoms. The van der Waals surface area contributed by atoms with Crippen LogP contribution in [0, 0.1) is 5.82 Å². The zero-order valence-corrected chi connectivity index (χ0v) is 34.7. The maximum atomic E-state index is 15.9. The van der Waals surface area contributed by atoms with Gasteiger partial charge in [-0.05, 0) is 79.8 Å². The quantitative estimate of drug-likeness (QED) is 0.105. The summed E-state index contributed by atoms with van der Waals surface area (Å²) in [7, 11) is -1.28. The van der Waals surface area contributed by atoms with E-state index >= 15 is 4.39 Å². The second-order valence-corrected chi connectivity index (χ2v) is 22.8. The Bertz CT molecular complexity index is 2270. The maximum absolute atomic E-state index is 15.9. The Labute approximate surface area is 335 Å². The van der Waals surface area contributed by atoms with Gasteiger partial charge in [0.15, 0.2) is 22.8 Å². The van der Waals surface area contributed by atoms with Gasteiger partial charge in [-0.2, -0.15) is 0 Å². The van der Waals surface area contributed by atoms with E-state index in [1.807, 2.05) is 11.5 Å². The predicted molar refractivity (Wildman–Crippen MR) is 225 cm³/mol. The fourth-order valence-electron chi connectivity index (χ4n) is 8.75. The minimum atomic E-state index is -1.28. The van der Waals surface area contributed by atoms with Crippen LogP contribution in [-0.2, 0) is 42.0 Å². The number of aromatic nitrogens is 5. The molecular weight excluding hydrogens is 738 g/mol. The smallest absolute Gasteiger partial charge is 0.260 e. The Morgan fingerprint density at radius 1 is 0.947 bits per heavy atom. The number of piperazine rings is 1. The van der Waals surface area contributed by atoms with Gasteiger partial charge < -0.3 is 29.2 Å². The Balaban J connectivity index is 1.04. The van der Waals surface area contributed by atoms with E-state index in [0.29, 0.717) is 59.7 Å². The summed E-state index contributed by atoms with van der Waals surface area (Å²) in [5, 5.41) is 3.53. The third-order valence-electron chi connectivity index (χ3n) is 12.1. The van der Waals surface area contributed by atoms with Crippen molar-refractivity contribution >= 4 is 48.0 Å². The number of anilines is 4. The monoisotopic (exact) mass is 791 g/mol. The molecule has 0 aliphatic carbocycles. The van der Waals surface area contributed by atoms with E-state index in [-0.39, 0.29) is 12.6 Å². The zero-order chi connectivity index (χ0) is 39.3. The summed E-state index contributed by atoms with van der Waals surface area (Å²) in [5.74, 6) is 0.369. The Kier molecular flexibility index (Phi) is 10.4. The number of nitrogens with one attached hydrogen (secondary N) is 1. The first kappa shape index (κ1) is 37.9. The van der Waals surface area contributed by atoms with E-state index in [4.69, 9.17) is 24.4 Å². The van der Waals surface area contributed by atoms with Crippen molar-refractivity contribution in [3.05, 3.63) is 77.1 Å². The van der Waals surface area contributed by atoms with Gasteiger partial charge in [0.05, 0.1) is 36.8 Å². The van der Waals surface area contributed by atoms with Crippen LogP contribution in [0.1, 0.15) is 47.1 Å². The molecule has 0 radical (unpaired) electrons. The highest BCUT2D eigenvalue weighted by molar-refractivity contribution is 6.76. The van der Waals surface area contributed by atoms with Crippen LogP contribution in [0.4, 0.5) is 27.3 Å². The van der Waals surface area contributed by atoms with Crippen molar-refractivity contribution in [1.82, 2.24) is 29.0 Å². The molecule has 9 rings (SSSR count). The van der Waals surface area contributed by atoms with Crippen molar-refractivity contribution in [3.8, 4) is 11.4 Å². The average Bonchev–Trinajstić information content (AvgIpc) is 3.78. The molecule has 2 fully saturated rings. The molecule has 0 saturated carbocycles. The van der Waals surface area contributed by atoms with Crippen LogP contribution in [0.5, 0.6) is 0 Å². The Morgan fingerprint density at radius 2 is 1.75 bits per heavy atom. The lowest BCUT2D eigenvalue weighted by Crippen LogP contribution is -2.56. The van der Waals surface area contributed by atoms with Gasteiger partial charge in [0.1, 0.15) is 12.5 Å². The highest BCUT2D eigenvalue weighted by Gasteiger charge is 2.33. The van der Waals surface area contributed by atoms with Gasteiger partial charge in [-0.1, -0.05) is 26.6 Å². The molecule has 57 heavy (non-hydrogen) atoms. The van der Waals surface area contributed by atoms with Crippen molar-refractivity contribution in [2.75, 3.05) is 67.7 Å². The number of ether oxygens (including phenoxy) is 2. The third-order valence-corrected chi connectivity index (χ3v) is 13.8. The topological polar surface area (TPSA) is 106 Å². The van der Waals surface area contributed by atoms with Crippen LogP contribution in [0.25, 0.3) is 22.6 Å². The standard InChI is InChI=1S/C43H54FN9O3Si/c1-5-34-35(22-29(44)23-38(34)53-15-13-37-36(43(53)54)24-32-8-6-7-14-52(32)37)40-47-41(39-42(48-40)51(27-45-39)28-55-20-21-57(2,3)4)46-30-9-11-31(12-10-30)49-16-18-50(19-17-49)33-25-56-26-33/h9-12,22-24,27,33H,5-8,13-21,25-26,28H2,1-4H3,(H,46,47,48). The molecule has 2 saturated heterocycles. The third kappa shape index (κ3) is 7.60. The molecule has 7 heterocycles. The highest BCUT2D eigenvalue weighted by Crippen LogP contribution is 2.38. The second-order valence-electron chi connectivity index (χ2n) is 17.1. The average molecular weight is 792 g/mol. The number of aryl methyl sites for hydroxylation is 1. The van der Waals surface area contributed by atoms with Gasteiger partial charge in [0.25, 0.3) is 5.91 Å². The number of nitrogens with zero attached hydrogens (tertiary/aromatic N) is 8. The number of carbonyl (C=O) groups is 1. The van der Waals surface area contributed by atoms with Gasteiger partial charge in [0.2, 0.25) is 0 Å². The summed E-state index contributed by atoms with van der Waals surface area (Å²) in [6.07, 6.45) is 6.28. The molecule has 1 amide bonds. The van der Waals surface area contributed by atoms with Crippen molar-refractivity contribution in [2.45, 2.75) is 84.0 Å². The molecule has 2 aromatic carbocycles. The maximum Gasteiger partial charge on any atom is 0.260 e. The molecule has 1 N–H and O–H groups in total. The van der Waals surface area contributed by atoms with E-state index in [1.165, 1.54) is 23.5 Å². The number of fused-ring (bicyclic) bond motifs is 4. The Morgan fingerprint density at radius 3 is 2.49 bits per heavy atom.